The Hall–Kier alpha value is -1.42. The van der Waals surface area contributed by atoms with Gasteiger partial charge in [0.1, 0.15) is 5.75 Å². The lowest BCUT2D eigenvalue weighted by molar-refractivity contribution is 0.410. The molecule has 0 fully saturated rings. The molecule has 1 aromatic rings. The minimum absolute atomic E-state index is 0.911. The van der Waals surface area contributed by atoms with Crippen LogP contribution in [0.2, 0.25) is 0 Å². The van der Waals surface area contributed by atoms with E-state index in [2.05, 4.69) is 24.8 Å². The lowest BCUT2D eigenvalue weighted by Crippen LogP contribution is -1.90. The largest absolute Gasteiger partial charge is 0.496 e. The lowest BCUT2D eigenvalue weighted by atomic mass is 10.1. The molecule has 0 saturated carbocycles. The monoisotopic (exact) mass is 188 g/mol. The van der Waals surface area contributed by atoms with Gasteiger partial charge in [-0.05, 0) is 18.1 Å². The van der Waals surface area contributed by atoms with E-state index in [4.69, 9.17) is 4.74 Å². The van der Waals surface area contributed by atoms with Crippen LogP contribution in [0.5, 0.6) is 5.75 Å². The van der Waals surface area contributed by atoms with E-state index < -0.39 is 0 Å². The van der Waals surface area contributed by atoms with Gasteiger partial charge in [0.15, 0.2) is 0 Å². The highest BCUT2D eigenvalue weighted by atomic mass is 16.5. The topological polar surface area (TPSA) is 9.23 Å². The SMILES string of the molecule is CCC#CCCc1ccccc1OC. The highest BCUT2D eigenvalue weighted by Gasteiger charge is 1.98. The molecule has 0 aromatic heterocycles. The van der Waals surface area contributed by atoms with Crippen molar-refractivity contribution in [3.8, 4) is 17.6 Å². The number of para-hydroxylation sites is 1. The van der Waals surface area contributed by atoms with Crippen molar-refractivity contribution in [2.75, 3.05) is 7.11 Å². The molecule has 0 atom stereocenters. The quantitative estimate of drug-likeness (QED) is 0.662. The number of aryl methyl sites for hydroxylation is 1. The van der Waals surface area contributed by atoms with Gasteiger partial charge in [-0.25, -0.2) is 0 Å². The fraction of sp³-hybridized carbons (Fsp3) is 0.385. The molecule has 74 valence electrons. The lowest BCUT2D eigenvalue weighted by Gasteiger charge is -2.05. The zero-order valence-corrected chi connectivity index (χ0v) is 8.84. The van der Waals surface area contributed by atoms with Gasteiger partial charge in [0, 0.05) is 12.8 Å². The van der Waals surface area contributed by atoms with E-state index in [1.54, 1.807) is 7.11 Å². The van der Waals surface area contributed by atoms with Crippen LogP contribution in [0.4, 0.5) is 0 Å². The van der Waals surface area contributed by atoms with Crippen LogP contribution in [-0.2, 0) is 6.42 Å². The first-order chi connectivity index (χ1) is 6.88. The molecule has 0 heterocycles. The third-order valence-electron chi connectivity index (χ3n) is 2.01. The predicted octanol–water partition coefficient (Wildman–Crippen LogP) is 3.04. The first-order valence-electron chi connectivity index (χ1n) is 4.96. The Balaban J connectivity index is 2.57. The van der Waals surface area contributed by atoms with Crippen LogP contribution in [0.15, 0.2) is 24.3 Å². The smallest absolute Gasteiger partial charge is 0.122 e. The highest BCUT2D eigenvalue weighted by Crippen LogP contribution is 2.18. The van der Waals surface area contributed by atoms with Crippen molar-refractivity contribution in [1.29, 1.82) is 0 Å². The van der Waals surface area contributed by atoms with Gasteiger partial charge in [0.05, 0.1) is 7.11 Å². The molecule has 1 rings (SSSR count). The molecule has 0 aliphatic carbocycles. The Labute approximate surface area is 86.1 Å². The number of rotatable bonds is 3. The molecule has 0 saturated heterocycles. The van der Waals surface area contributed by atoms with Crippen LogP contribution in [-0.4, -0.2) is 7.11 Å². The standard InChI is InChI=1S/C13H16O/c1-3-4-5-6-9-12-10-7-8-11-13(12)14-2/h7-8,10-11H,3,6,9H2,1-2H3. The molecular formula is C13H16O. The van der Waals surface area contributed by atoms with Gasteiger partial charge < -0.3 is 4.74 Å². The average molecular weight is 188 g/mol. The van der Waals surface area contributed by atoms with Crippen LogP contribution in [0.3, 0.4) is 0 Å². The van der Waals surface area contributed by atoms with E-state index in [9.17, 15) is 0 Å². The number of hydrogen-bond acceptors (Lipinski definition) is 1. The van der Waals surface area contributed by atoms with Crippen LogP contribution in [0.25, 0.3) is 0 Å². The fourth-order valence-corrected chi connectivity index (χ4v) is 1.32. The van der Waals surface area contributed by atoms with Gasteiger partial charge in [0.25, 0.3) is 0 Å². The van der Waals surface area contributed by atoms with Crippen molar-refractivity contribution in [2.24, 2.45) is 0 Å². The van der Waals surface area contributed by atoms with Gasteiger partial charge in [-0.2, -0.15) is 0 Å². The third-order valence-corrected chi connectivity index (χ3v) is 2.01. The van der Waals surface area contributed by atoms with E-state index in [1.165, 1.54) is 5.56 Å². The Morgan fingerprint density at radius 3 is 2.71 bits per heavy atom. The van der Waals surface area contributed by atoms with Crippen LogP contribution in [0.1, 0.15) is 25.3 Å². The average Bonchev–Trinajstić information content (AvgIpc) is 2.25. The van der Waals surface area contributed by atoms with Crippen molar-refractivity contribution in [3.63, 3.8) is 0 Å². The minimum atomic E-state index is 0.911. The maximum Gasteiger partial charge on any atom is 0.122 e. The van der Waals surface area contributed by atoms with Crippen molar-refractivity contribution in [2.45, 2.75) is 26.2 Å². The summed E-state index contributed by atoms with van der Waals surface area (Å²) < 4.78 is 5.25. The number of benzene rings is 1. The summed E-state index contributed by atoms with van der Waals surface area (Å²) in [6.07, 6.45) is 2.82. The van der Waals surface area contributed by atoms with Crippen molar-refractivity contribution in [1.82, 2.24) is 0 Å². The summed E-state index contributed by atoms with van der Waals surface area (Å²) in [5, 5.41) is 0. The van der Waals surface area contributed by atoms with Gasteiger partial charge >= 0.3 is 0 Å². The second-order valence-corrected chi connectivity index (χ2v) is 3.02. The second kappa shape index (κ2) is 6.10. The Morgan fingerprint density at radius 1 is 1.21 bits per heavy atom. The van der Waals surface area contributed by atoms with E-state index in [0.29, 0.717) is 0 Å². The Morgan fingerprint density at radius 2 is 2.00 bits per heavy atom. The molecule has 0 amide bonds. The normalized spacial score (nSPS) is 9.00. The summed E-state index contributed by atoms with van der Waals surface area (Å²) in [6, 6.07) is 8.10. The van der Waals surface area contributed by atoms with Crippen molar-refractivity contribution >= 4 is 0 Å². The van der Waals surface area contributed by atoms with Crippen LogP contribution in [0, 0.1) is 11.8 Å². The number of hydrogen-bond donors (Lipinski definition) is 0. The molecular weight excluding hydrogens is 172 g/mol. The van der Waals surface area contributed by atoms with Gasteiger partial charge in [-0.1, -0.05) is 25.1 Å². The molecule has 0 spiro atoms. The molecule has 0 unspecified atom stereocenters. The van der Waals surface area contributed by atoms with Gasteiger partial charge in [-0.15, -0.1) is 11.8 Å². The first kappa shape index (κ1) is 10.7. The summed E-state index contributed by atoms with van der Waals surface area (Å²) in [5.74, 6) is 7.16. The summed E-state index contributed by atoms with van der Waals surface area (Å²) in [7, 11) is 1.70. The first-order valence-corrected chi connectivity index (χ1v) is 4.96. The zero-order chi connectivity index (χ0) is 10.2. The molecule has 1 heteroatoms. The van der Waals surface area contributed by atoms with E-state index in [1.807, 2.05) is 18.2 Å². The molecule has 0 radical (unpaired) electrons. The van der Waals surface area contributed by atoms with Crippen LogP contribution < -0.4 is 4.74 Å². The van der Waals surface area contributed by atoms with E-state index in [0.717, 1.165) is 25.0 Å². The Bertz CT molecular complexity index is 331. The van der Waals surface area contributed by atoms with E-state index >= 15 is 0 Å². The van der Waals surface area contributed by atoms with Crippen molar-refractivity contribution < 1.29 is 4.74 Å². The summed E-state index contributed by atoms with van der Waals surface area (Å²) in [4.78, 5) is 0. The Kier molecular flexibility index (Phi) is 4.64. The molecule has 0 aliphatic heterocycles. The zero-order valence-electron chi connectivity index (χ0n) is 8.84. The molecule has 1 nitrogen and oxygen atoms in total. The van der Waals surface area contributed by atoms with Gasteiger partial charge in [0.2, 0.25) is 0 Å². The maximum atomic E-state index is 5.25. The highest BCUT2D eigenvalue weighted by molar-refractivity contribution is 5.33. The van der Waals surface area contributed by atoms with E-state index in [-0.39, 0.29) is 0 Å². The fourth-order valence-electron chi connectivity index (χ4n) is 1.32. The number of methoxy groups -OCH3 is 1. The molecule has 1 aromatic carbocycles. The predicted molar refractivity (Wildman–Crippen MR) is 59.4 cm³/mol. The number of ether oxygens (including phenoxy) is 1. The molecule has 0 N–H and O–H groups in total. The van der Waals surface area contributed by atoms with Gasteiger partial charge in [-0.3, -0.25) is 0 Å². The summed E-state index contributed by atoms with van der Waals surface area (Å²) in [6.45, 7) is 2.07. The molecule has 0 bridgehead atoms. The summed E-state index contributed by atoms with van der Waals surface area (Å²) >= 11 is 0. The summed E-state index contributed by atoms with van der Waals surface area (Å²) in [5.41, 5.74) is 1.24. The second-order valence-electron chi connectivity index (χ2n) is 3.02. The minimum Gasteiger partial charge on any atom is -0.496 e. The van der Waals surface area contributed by atoms with Crippen molar-refractivity contribution in [3.05, 3.63) is 29.8 Å². The third kappa shape index (κ3) is 3.14. The molecule has 14 heavy (non-hydrogen) atoms. The maximum absolute atomic E-state index is 5.25. The molecule has 0 aliphatic rings. The van der Waals surface area contributed by atoms with Crippen LogP contribution >= 0.6 is 0 Å².